The van der Waals surface area contributed by atoms with Crippen molar-refractivity contribution in [3.8, 4) is 0 Å². The fourth-order valence-corrected chi connectivity index (χ4v) is 3.47. The summed E-state index contributed by atoms with van der Waals surface area (Å²) in [5, 5.41) is 0. The number of aryl methyl sites for hydroxylation is 1. The first-order valence-electron chi connectivity index (χ1n) is 8.13. The first-order valence-corrected chi connectivity index (χ1v) is 8.13. The molecule has 0 N–H and O–H groups in total. The number of imidazole rings is 1. The Labute approximate surface area is 135 Å². The Balaban J connectivity index is 1.59. The van der Waals surface area contributed by atoms with Gasteiger partial charge in [-0.25, -0.2) is 4.98 Å². The molecular formula is C17H21N5O. The third-order valence-corrected chi connectivity index (χ3v) is 4.78. The van der Waals surface area contributed by atoms with Crippen LogP contribution < -0.4 is 0 Å². The number of likely N-dealkylation sites (tertiary alicyclic amines) is 1. The second-order valence-electron chi connectivity index (χ2n) is 6.41. The van der Waals surface area contributed by atoms with Crippen LogP contribution in [-0.4, -0.2) is 49.9 Å². The van der Waals surface area contributed by atoms with Gasteiger partial charge < -0.3 is 9.47 Å². The van der Waals surface area contributed by atoms with Gasteiger partial charge in [-0.15, -0.1) is 0 Å². The summed E-state index contributed by atoms with van der Waals surface area (Å²) >= 11 is 0. The van der Waals surface area contributed by atoms with Crippen molar-refractivity contribution >= 4 is 5.91 Å². The van der Waals surface area contributed by atoms with Crippen LogP contribution in [0.1, 0.15) is 29.4 Å². The van der Waals surface area contributed by atoms with Crippen LogP contribution in [0.4, 0.5) is 0 Å². The second-order valence-corrected chi connectivity index (χ2v) is 6.41. The molecule has 4 heterocycles. The van der Waals surface area contributed by atoms with E-state index in [0.29, 0.717) is 0 Å². The molecule has 0 saturated carbocycles. The Morgan fingerprint density at radius 2 is 2.17 bits per heavy atom. The maximum Gasteiger partial charge on any atom is 0.233 e. The Kier molecular flexibility index (Phi) is 3.61. The molecule has 2 aromatic rings. The minimum Gasteiger partial charge on any atom is -0.342 e. The van der Waals surface area contributed by atoms with Gasteiger partial charge in [0.15, 0.2) is 0 Å². The van der Waals surface area contributed by atoms with Crippen molar-refractivity contribution < 1.29 is 4.79 Å². The zero-order valence-electron chi connectivity index (χ0n) is 13.4. The molecule has 1 amide bonds. The number of carbonyl (C=O) groups is 1. The number of fused-ring (bicyclic) bond motifs is 1. The summed E-state index contributed by atoms with van der Waals surface area (Å²) in [6.45, 7) is 4.04. The van der Waals surface area contributed by atoms with Crippen LogP contribution >= 0.6 is 0 Å². The van der Waals surface area contributed by atoms with Gasteiger partial charge in [-0.2, -0.15) is 0 Å². The summed E-state index contributed by atoms with van der Waals surface area (Å²) in [7, 11) is 1.98. The number of hydrogen-bond acceptors (Lipinski definition) is 4. The summed E-state index contributed by atoms with van der Waals surface area (Å²) in [6.07, 6.45) is 4.76. The van der Waals surface area contributed by atoms with Gasteiger partial charge in [0, 0.05) is 46.0 Å². The molecular weight excluding hydrogens is 290 g/mol. The van der Waals surface area contributed by atoms with E-state index < -0.39 is 0 Å². The predicted molar refractivity (Wildman–Crippen MR) is 85.5 cm³/mol. The van der Waals surface area contributed by atoms with Gasteiger partial charge in [0.05, 0.1) is 29.3 Å². The van der Waals surface area contributed by atoms with Crippen LogP contribution in [0.25, 0.3) is 0 Å². The number of hydrogen-bond donors (Lipinski definition) is 0. The molecule has 2 aromatic heterocycles. The Bertz CT molecular complexity index is 707. The molecule has 0 aromatic carbocycles. The number of carbonyl (C=O) groups excluding carboxylic acids is 1. The highest BCUT2D eigenvalue weighted by molar-refractivity contribution is 5.84. The Morgan fingerprint density at radius 1 is 1.30 bits per heavy atom. The zero-order valence-corrected chi connectivity index (χ0v) is 13.4. The lowest BCUT2D eigenvalue weighted by Crippen LogP contribution is -2.48. The number of pyridine rings is 1. The normalized spacial score (nSPS) is 20.9. The lowest BCUT2D eigenvalue weighted by molar-refractivity contribution is -0.137. The highest BCUT2D eigenvalue weighted by atomic mass is 16.2. The monoisotopic (exact) mass is 311 g/mol. The van der Waals surface area contributed by atoms with Crippen molar-refractivity contribution in [1.82, 2.24) is 24.3 Å². The molecule has 1 fully saturated rings. The standard InChI is InChI=1S/C17H21N5O/c1-20-12-19-15-11-21(9-13-5-2-3-6-18-13)10-14(16(15)20)17(23)22-7-4-8-22/h2-3,5-6,12,14H,4,7-11H2,1H3/t14-/m1/s1. The minimum absolute atomic E-state index is 0.115. The van der Waals surface area contributed by atoms with Crippen LogP contribution in [-0.2, 0) is 24.9 Å². The molecule has 2 aliphatic heterocycles. The van der Waals surface area contributed by atoms with Gasteiger partial charge in [-0.05, 0) is 18.6 Å². The van der Waals surface area contributed by atoms with E-state index in [0.717, 1.165) is 56.2 Å². The van der Waals surface area contributed by atoms with E-state index in [1.807, 2.05) is 47.2 Å². The number of rotatable bonds is 3. The highest BCUT2D eigenvalue weighted by Crippen LogP contribution is 2.30. The van der Waals surface area contributed by atoms with Crippen molar-refractivity contribution in [2.24, 2.45) is 7.05 Å². The largest absolute Gasteiger partial charge is 0.342 e. The Morgan fingerprint density at radius 3 is 2.87 bits per heavy atom. The van der Waals surface area contributed by atoms with E-state index in [-0.39, 0.29) is 11.8 Å². The van der Waals surface area contributed by atoms with Crippen LogP contribution in [0.3, 0.4) is 0 Å². The molecule has 2 aliphatic rings. The molecule has 0 aliphatic carbocycles. The first-order chi connectivity index (χ1) is 11.2. The molecule has 6 nitrogen and oxygen atoms in total. The third kappa shape index (κ3) is 2.63. The number of nitrogens with zero attached hydrogens (tertiary/aromatic N) is 5. The highest BCUT2D eigenvalue weighted by Gasteiger charge is 2.37. The van der Waals surface area contributed by atoms with Crippen molar-refractivity contribution in [3.63, 3.8) is 0 Å². The van der Waals surface area contributed by atoms with Crippen LogP contribution in [0.15, 0.2) is 30.7 Å². The summed E-state index contributed by atoms with van der Waals surface area (Å²) in [5.74, 6) is 0.127. The minimum atomic E-state index is -0.115. The second kappa shape index (κ2) is 5.77. The lowest BCUT2D eigenvalue weighted by Gasteiger charge is -2.38. The van der Waals surface area contributed by atoms with Gasteiger partial charge in [0.2, 0.25) is 5.91 Å². The summed E-state index contributed by atoms with van der Waals surface area (Å²) in [6, 6.07) is 5.95. The van der Waals surface area contributed by atoms with Gasteiger partial charge in [-0.1, -0.05) is 6.07 Å². The third-order valence-electron chi connectivity index (χ3n) is 4.78. The van der Waals surface area contributed by atoms with Gasteiger partial charge in [-0.3, -0.25) is 14.7 Å². The molecule has 0 unspecified atom stereocenters. The van der Waals surface area contributed by atoms with Crippen molar-refractivity contribution in [3.05, 3.63) is 47.8 Å². The molecule has 120 valence electrons. The van der Waals surface area contributed by atoms with E-state index >= 15 is 0 Å². The maximum absolute atomic E-state index is 12.8. The van der Waals surface area contributed by atoms with Gasteiger partial charge >= 0.3 is 0 Å². The quantitative estimate of drug-likeness (QED) is 0.853. The average Bonchev–Trinajstić information content (AvgIpc) is 2.87. The molecule has 1 saturated heterocycles. The smallest absolute Gasteiger partial charge is 0.233 e. The van der Waals surface area contributed by atoms with Crippen LogP contribution in [0.2, 0.25) is 0 Å². The molecule has 1 atom stereocenters. The molecule has 0 spiro atoms. The number of amides is 1. The molecule has 0 radical (unpaired) electrons. The van der Waals surface area contributed by atoms with Crippen molar-refractivity contribution in [1.29, 1.82) is 0 Å². The van der Waals surface area contributed by atoms with E-state index in [4.69, 9.17) is 0 Å². The van der Waals surface area contributed by atoms with E-state index in [2.05, 4.69) is 14.9 Å². The SMILES string of the molecule is Cn1cnc2c1[C@H](C(=O)N1CCC1)CN(Cc1ccccn1)C2. The molecule has 23 heavy (non-hydrogen) atoms. The van der Waals surface area contributed by atoms with E-state index in [1.54, 1.807) is 0 Å². The van der Waals surface area contributed by atoms with Crippen molar-refractivity contribution in [2.45, 2.75) is 25.4 Å². The van der Waals surface area contributed by atoms with Crippen molar-refractivity contribution in [2.75, 3.05) is 19.6 Å². The van der Waals surface area contributed by atoms with E-state index in [1.165, 1.54) is 0 Å². The van der Waals surface area contributed by atoms with Crippen LogP contribution in [0, 0.1) is 0 Å². The maximum atomic E-state index is 12.8. The topological polar surface area (TPSA) is 54.3 Å². The first kappa shape index (κ1) is 14.4. The van der Waals surface area contributed by atoms with Gasteiger partial charge in [0.1, 0.15) is 0 Å². The molecule has 6 heteroatoms. The Hall–Kier alpha value is -2.21. The van der Waals surface area contributed by atoms with E-state index in [9.17, 15) is 4.79 Å². The average molecular weight is 311 g/mol. The fraction of sp³-hybridized carbons (Fsp3) is 0.471. The predicted octanol–water partition coefficient (Wildman–Crippen LogP) is 1.15. The fourth-order valence-electron chi connectivity index (χ4n) is 3.47. The van der Waals surface area contributed by atoms with Gasteiger partial charge in [0.25, 0.3) is 0 Å². The summed E-state index contributed by atoms with van der Waals surface area (Å²) in [4.78, 5) is 26.0. The summed E-state index contributed by atoms with van der Waals surface area (Å²) < 4.78 is 2.01. The lowest BCUT2D eigenvalue weighted by atomic mass is 9.95. The summed E-state index contributed by atoms with van der Waals surface area (Å²) in [5.41, 5.74) is 3.13. The number of aromatic nitrogens is 3. The zero-order chi connectivity index (χ0) is 15.8. The van der Waals surface area contributed by atoms with Crippen LogP contribution in [0.5, 0.6) is 0 Å². The molecule has 4 rings (SSSR count). The molecule has 0 bridgehead atoms.